The van der Waals surface area contributed by atoms with E-state index in [1.54, 1.807) is 13.4 Å². The summed E-state index contributed by atoms with van der Waals surface area (Å²) in [7, 11) is 1.70. The summed E-state index contributed by atoms with van der Waals surface area (Å²) in [6.07, 6.45) is 7.27. The summed E-state index contributed by atoms with van der Waals surface area (Å²) in [5, 5.41) is 8.11. The molecule has 0 amide bonds. The van der Waals surface area contributed by atoms with Crippen molar-refractivity contribution in [1.29, 1.82) is 0 Å². The zero-order valence-corrected chi connectivity index (χ0v) is 9.85. The number of aromatic nitrogens is 3. The van der Waals surface area contributed by atoms with Crippen LogP contribution in [0.25, 0.3) is 0 Å². The smallest absolute Gasteiger partial charge is 0.134 e. The highest BCUT2D eigenvalue weighted by molar-refractivity contribution is 5.00. The standard InChI is InChI=1S/C11H20N4O/c1-16-7-6-15-9-13-14-10(15)8-11(12)4-2-3-5-11/h9H,2-8,12H2,1H3. The second-order valence-electron chi connectivity index (χ2n) is 4.68. The van der Waals surface area contributed by atoms with Gasteiger partial charge in [-0.3, -0.25) is 0 Å². The maximum atomic E-state index is 6.34. The quantitative estimate of drug-likeness (QED) is 0.801. The number of hydrogen-bond donors (Lipinski definition) is 1. The number of rotatable bonds is 5. The molecular formula is C11H20N4O. The summed E-state index contributed by atoms with van der Waals surface area (Å²) in [6.45, 7) is 1.48. The van der Waals surface area contributed by atoms with Crippen molar-refractivity contribution in [2.75, 3.05) is 13.7 Å². The van der Waals surface area contributed by atoms with Crippen molar-refractivity contribution in [3.8, 4) is 0 Å². The van der Waals surface area contributed by atoms with Gasteiger partial charge >= 0.3 is 0 Å². The Kier molecular flexibility index (Phi) is 3.56. The molecule has 16 heavy (non-hydrogen) atoms. The average molecular weight is 224 g/mol. The summed E-state index contributed by atoms with van der Waals surface area (Å²) >= 11 is 0. The molecule has 2 N–H and O–H groups in total. The molecule has 1 fully saturated rings. The van der Waals surface area contributed by atoms with E-state index in [1.807, 2.05) is 4.57 Å². The zero-order chi connectivity index (χ0) is 11.4. The van der Waals surface area contributed by atoms with Gasteiger partial charge in [0.15, 0.2) is 0 Å². The summed E-state index contributed by atoms with van der Waals surface area (Å²) in [5.41, 5.74) is 6.28. The fraction of sp³-hybridized carbons (Fsp3) is 0.818. The lowest BCUT2D eigenvalue weighted by Crippen LogP contribution is -2.39. The Labute approximate surface area is 96.0 Å². The van der Waals surface area contributed by atoms with Gasteiger partial charge in [-0.15, -0.1) is 10.2 Å². The fourth-order valence-corrected chi connectivity index (χ4v) is 2.36. The predicted molar refractivity (Wildman–Crippen MR) is 61.0 cm³/mol. The van der Waals surface area contributed by atoms with E-state index < -0.39 is 0 Å². The Hall–Kier alpha value is -0.940. The first-order chi connectivity index (χ1) is 7.73. The number of ether oxygens (including phenoxy) is 1. The van der Waals surface area contributed by atoms with Crippen LogP contribution in [0, 0.1) is 0 Å². The third-order valence-electron chi connectivity index (χ3n) is 3.34. The topological polar surface area (TPSA) is 66.0 Å². The number of hydrogen-bond acceptors (Lipinski definition) is 4. The maximum Gasteiger partial charge on any atom is 0.134 e. The van der Waals surface area contributed by atoms with E-state index in [9.17, 15) is 0 Å². The van der Waals surface area contributed by atoms with Gasteiger partial charge in [0, 0.05) is 25.6 Å². The van der Waals surface area contributed by atoms with Crippen LogP contribution < -0.4 is 5.73 Å². The van der Waals surface area contributed by atoms with Gasteiger partial charge < -0.3 is 15.0 Å². The number of methoxy groups -OCH3 is 1. The van der Waals surface area contributed by atoms with Crippen molar-refractivity contribution in [2.24, 2.45) is 5.73 Å². The molecule has 1 saturated carbocycles. The molecule has 1 aliphatic carbocycles. The number of nitrogens with zero attached hydrogens (tertiary/aromatic N) is 3. The highest BCUT2D eigenvalue weighted by Gasteiger charge is 2.31. The predicted octanol–water partition coefficient (Wildman–Crippen LogP) is 0.738. The van der Waals surface area contributed by atoms with Crippen LogP contribution >= 0.6 is 0 Å². The molecule has 90 valence electrons. The van der Waals surface area contributed by atoms with E-state index in [4.69, 9.17) is 10.5 Å². The van der Waals surface area contributed by atoms with E-state index in [0.717, 1.165) is 31.6 Å². The maximum absolute atomic E-state index is 6.34. The minimum absolute atomic E-state index is 0.0577. The van der Waals surface area contributed by atoms with Crippen LogP contribution in [-0.4, -0.2) is 34.0 Å². The molecule has 0 radical (unpaired) electrons. The molecule has 1 aromatic heterocycles. The average Bonchev–Trinajstić information content (AvgIpc) is 2.86. The van der Waals surface area contributed by atoms with Crippen LogP contribution in [0.5, 0.6) is 0 Å². The Morgan fingerprint density at radius 1 is 1.50 bits per heavy atom. The van der Waals surface area contributed by atoms with Crippen LogP contribution in [0.1, 0.15) is 31.5 Å². The molecule has 1 aliphatic rings. The van der Waals surface area contributed by atoms with E-state index in [1.165, 1.54) is 12.8 Å². The third-order valence-corrected chi connectivity index (χ3v) is 3.34. The van der Waals surface area contributed by atoms with Crippen molar-refractivity contribution in [2.45, 2.75) is 44.2 Å². The molecule has 0 atom stereocenters. The highest BCUT2D eigenvalue weighted by atomic mass is 16.5. The Morgan fingerprint density at radius 2 is 2.25 bits per heavy atom. The van der Waals surface area contributed by atoms with Crippen molar-refractivity contribution in [1.82, 2.24) is 14.8 Å². The van der Waals surface area contributed by atoms with Crippen LogP contribution in [0.3, 0.4) is 0 Å². The van der Waals surface area contributed by atoms with Gasteiger partial charge in [0.05, 0.1) is 6.61 Å². The molecular weight excluding hydrogens is 204 g/mol. The molecule has 1 aromatic rings. The second-order valence-corrected chi connectivity index (χ2v) is 4.68. The molecule has 0 aliphatic heterocycles. The summed E-state index contributed by atoms with van der Waals surface area (Å²) < 4.78 is 7.10. The number of nitrogens with two attached hydrogens (primary N) is 1. The summed E-state index contributed by atoms with van der Waals surface area (Å²) in [4.78, 5) is 0. The van der Waals surface area contributed by atoms with Crippen LogP contribution in [0.4, 0.5) is 0 Å². The lowest BCUT2D eigenvalue weighted by atomic mass is 9.94. The molecule has 0 spiro atoms. The molecule has 0 unspecified atom stereocenters. The van der Waals surface area contributed by atoms with Gasteiger partial charge in [0.2, 0.25) is 0 Å². The first-order valence-electron chi connectivity index (χ1n) is 5.88. The van der Waals surface area contributed by atoms with Gasteiger partial charge in [-0.25, -0.2) is 0 Å². The third kappa shape index (κ3) is 2.59. The van der Waals surface area contributed by atoms with E-state index in [0.29, 0.717) is 6.61 Å². The minimum Gasteiger partial charge on any atom is -0.383 e. The van der Waals surface area contributed by atoms with Gasteiger partial charge in [-0.1, -0.05) is 12.8 Å². The highest BCUT2D eigenvalue weighted by Crippen LogP contribution is 2.29. The molecule has 1 heterocycles. The first-order valence-corrected chi connectivity index (χ1v) is 5.88. The normalized spacial score (nSPS) is 19.1. The van der Waals surface area contributed by atoms with Crippen molar-refractivity contribution in [3.05, 3.63) is 12.2 Å². The van der Waals surface area contributed by atoms with Crippen molar-refractivity contribution < 1.29 is 4.74 Å². The Morgan fingerprint density at radius 3 is 2.94 bits per heavy atom. The lowest BCUT2D eigenvalue weighted by Gasteiger charge is -2.22. The van der Waals surface area contributed by atoms with Gasteiger partial charge in [0.25, 0.3) is 0 Å². The molecule has 5 nitrogen and oxygen atoms in total. The minimum atomic E-state index is -0.0577. The molecule has 0 aromatic carbocycles. The molecule has 0 bridgehead atoms. The summed E-state index contributed by atoms with van der Waals surface area (Å²) in [5.74, 6) is 0.987. The van der Waals surface area contributed by atoms with Gasteiger partial charge in [-0.05, 0) is 12.8 Å². The van der Waals surface area contributed by atoms with E-state index >= 15 is 0 Å². The van der Waals surface area contributed by atoms with Gasteiger partial charge in [-0.2, -0.15) is 0 Å². The van der Waals surface area contributed by atoms with Crippen molar-refractivity contribution >= 4 is 0 Å². The van der Waals surface area contributed by atoms with Crippen molar-refractivity contribution in [3.63, 3.8) is 0 Å². The molecule has 0 saturated heterocycles. The van der Waals surface area contributed by atoms with Crippen LogP contribution in [0.15, 0.2) is 6.33 Å². The monoisotopic (exact) mass is 224 g/mol. The summed E-state index contributed by atoms with van der Waals surface area (Å²) in [6, 6.07) is 0. The molecule has 2 rings (SSSR count). The zero-order valence-electron chi connectivity index (χ0n) is 9.85. The van der Waals surface area contributed by atoms with Crippen LogP contribution in [-0.2, 0) is 17.7 Å². The largest absolute Gasteiger partial charge is 0.383 e. The Balaban J connectivity index is 2.00. The SMILES string of the molecule is COCCn1cnnc1CC1(N)CCCC1. The first kappa shape index (κ1) is 11.5. The Bertz CT molecular complexity index is 330. The lowest BCUT2D eigenvalue weighted by molar-refractivity contribution is 0.185. The second kappa shape index (κ2) is 4.93. The van der Waals surface area contributed by atoms with E-state index in [2.05, 4.69) is 10.2 Å². The van der Waals surface area contributed by atoms with Crippen LogP contribution in [0.2, 0.25) is 0 Å². The fourth-order valence-electron chi connectivity index (χ4n) is 2.36. The van der Waals surface area contributed by atoms with Gasteiger partial charge in [0.1, 0.15) is 12.2 Å². The van der Waals surface area contributed by atoms with E-state index in [-0.39, 0.29) is 5.54 Å². The molecule has 5 heteroatoms.